The van der Waals surface area contributed by atoms with Crippen LogP contribution in [0.2, 0.25) is 0 Å². The van der Waals surface area contributed by atoms with E-state index >= 15 is 0 Å². The second kappa shape index (κ2) is 6.88. The van der Waals surface area contributed by atoms with Gasteiger partial charge in [0.15, 0.2) is 0 Å². The van der Waals surface area contributed by atoms with E-state index in [-0.39, 0.29) is 0 Å². The summed E-state index contributed by atoms with van der Waals surface area (Å²) in [6.45, 7) is 0.477. The maximum atomic E-state index is 12.5. The average Bonchev–Trinajstić information content (AvgIpc) is 2.71. The van der Waals surface area contributed by atoms with E-state index < -0.39 is 5.97 Å². The first-order valence-corrected chi connectivity index (χ1v) is 8.33. The summed E-state index contributed by atoms with van der Waals surface area (Å²) in [6.07, 6.45) is 0.572. The van der Waals surface area contributed by atoms with Gasteiger partial charge in [-0.05, 0) is 29.0 Å². The molecular formula is C21H17NO4. The van der Waals surface area contributed by atoms with Gasteiger partial charge in [0.05, 0.1) is 25.0 Å². The van der Waals surface area contributed by atoms with Crippen molar-refractivity contribution in [1.82, 2.24) is 0 Å². The topological polar surface area (TPSA) is 57.1 Å². The number of benzene rings is 3. The number of carbonyl (C=O) groups is 1. The van der Waals surface area contributed by atoms with E-state index in [0.717, 1.165) is 16.3 Å². The largest absolute Gasteiger partial charge is 0.497 e. The van der Waals surface area contributed by atoms with Gasteiger partial charge in [-0.15, -0.1) is 0 Å². The second-order valence-corrected chi connectivity index (χ2v) is 5.90. The number of methoxy groups -OCH3 is 1. The van der Waals surface area contributed by atoms with Crippen molar-refractivity contribution in [2.24, 2.45) is 5.16 Å². The standard InChI is InChI=1S/C21H17NO4/c1-24-15-9-10-18-19(11-12-25-20(18)13-15)22-26-21(23)17-8-4-6-14-5-2-3-7-16(14)17/h2-10,13H,11-12H2,1H3. The Morgan fingerprint density at radius 1 is 1.08 bits per heavy atom. The van der Waals surface area contributed by atoms with Gasteiger partial charge >= 0.3 is 5.97 Å². The van der Waals surface area contributed by atoms with E-state index in [0.29, 0.717) is 35.8 Å². The number of hydrogen-bond donors (Lipinski definition) is 0. The highest BCUT2D eigenvalue weighted by Crippen LogP contribution is 2.29. The zero-order chi connectivity index (χ0) is 17.9. The quantitative estimate of drug-likeness (QED) is 0.526. The molecule has 1 aliphatic rings. The van der Waals surface area contributed by atoms with Gasteiger partial charge in [0.25, 0.3) is 0 Å². The highest BCUT2D eigenvalue weighted by Gasteiger charge is 2.19. The normalized spacial score (nSPS) is 14.6. The zero-order valence-corrected chi connectivity index (χ0v) is 14.3. The molecule has 1 aliphatic heterocycles. The molecule has 0 saturated heterocycles. The minimum Gasteiger partial charge on any atom is -0.497 e. The van der Waals surface area contributed by atoms with Crippen molar-refractivity contribution in [3.63, 3.8) is 0 Å². The van der Waals surface area contributed by atoms with Gasteiger partial charge in [0, 0.05) is 18.1 Å². The number of oxime groups is 1. The van der Waals surface area contributed by atoms with Crippen LogP contribution in [0.1, 0.15) is 22.3 Å². The summed E-state index contributed by atoms with van der Waals surface area (Å²) in [6, 6.07) is 18.7. The first kappa shape index (κ1) is 16.1. The molecule has 0 aromatic heterocycles. The second-order valence-electron chi connectivity index (χ2n) is 5.90. The maximum absolute atomic E-state index is 12.5. The first-order chi connectivity index (χ1) is 12.8. The van der Waals surface area contributed by atoms with Crippen LogP contribution in [0.4, 0.5) is 0 Å². The summed E-state index contributed by atoms with van der Waals surface area (Å²) >= 11 is 0. The van der Waals surface area contributed by atoms with E-state index in [2.05, 4.69) is 5.16 Å². The van der Waals surface area contributed by atoms with Crippen LogP contribution in [-0.4, -0.2) is 25.4 Å². The summed E-state index contributed by atoms with van der Waals surface area (Å²) in [7, 11) is 1.60. The number of ether oxygens (including phenoxy) is 2. The molecule has 5 heteroatoms. The van der Waals surface area contributed by atoms with Crippen molar-refractivity contribution >= 4 is 22.5 Å². The molecule has 0 atom stereocenters. The van der Waals surface area contributed by atoms with Crippen LogP contribution >= 0.6 is 0 Å². The molecular weight excluding hydrogens is 330 g/mol. The lowest BCUT2D eigenvalue weighted by molar-refractivity contribution is 0.0517. The minimum atomic E-state index is -0.476. The van der Waals surface area contributed by atoms with Crippen LogP contribution in [0.3, 0.4) is 0 Å². The van der Waals surface area contributed by atoms with Crippen LogP contribution in [0.5, 0.6) is 11.5 Å². The molecule has 0 amide bonds. The Hall–Kier alpha value is -3.34. The Morgan fingerprint density at radius 2 is 1.92 bits per heavy atom. The van der Waals surface area contributed by atoms with Crippen LogP contribution < -0.4 is 9.47 Å². The molecule has 3 aromatic rings. The molecule has 0 radical (unpaired) electrons. The average molecular weight is 347 g/mol. The number of nitrogens with zero attached hydrogens (tertiary/aromatic N) is 1. The molecule has 0 aliphatic carbocycles. The predicted molar refractivity (Wildman–Crippen MR) is 99.0 cm³/mol. The third-order valence-corrected chi connectivity index (χ3v) is 4.34. The molecule has 1 heterocycles. The van der Waals surface area contributed by atoms with Gasteiger partial charge in [0.1, 0.15) is 11.5 Å². The number of carbonyl (C=O) groups excluding carboxylic acids is 1. The van der Waals surface area contributed by atoms with Crippen molar-refractivity contribution in [3.8, 4) is 11.5 Å². The van der Waals surface area contributed by atoms with Crippen molar-refractivity contribution in [2.45, 2.75) is 6.42 Å². The SMILES string of the molecule is COc1ccc2c(c1)OCCC2=NOC(=O)c1cccc2ccccc12. The molecule has 0 N–H and O–H groups in total. The van der Waals surface area contributed by atoms with Crippen molar-refractivity contribution in [3.05, 3.63) is 71.8 Å². The fourth-order valence-electron chi connectivity index (χ4n) is 3.02. The lowest BCUT2D eigenvalue weighted by atomic mass is 10.0. The molecule has 5 nitrogen and oxygen atoms in total. The van der Waals surface area contributed by atoms with E-state index in [1.165, 1.54) is 0 Å². The monoisotopic (exact) mass is 347 g/mol. The molecule has 26 heavy (non-hydrogen) atoms. The first-order valence-electron chi connectivity index (χ1n) is 8.33. The number of rotatable bonds is 3. The molecule has 0 fully saturated rings. The van der Waals surface area contributed by atoms with Gasteiger partial charge < -0.3 is 14.3 Å². The lowest BCUT2D eigenvalue weighted by Crippen LogP contribution is -2.17. The Morgan fingerprint density at radius 3 is 2.81 bits per heavy atom. The van der Waals surface area contributed by atoms with E-state index in [1.54, 1.807) is 19.2 Å². The van der Waals surface area contributed by atoms with Gasteiger partial charge in [-0.3, -0.25) is 0 Å². The maximum Gasteiger partial charge on any atom is 0.366 e. The molecule has 3 aromatic carbocycles. The van der Waals surface area contributed by atoms with E-state index in [1.807, 2.05) is 48.5 Å². The van der Waals surface area contributed by atoms with E-state index in [4.69, 9.17) is 14.3 Å². The van der Waals surface area contributed by atoms with Gasteiger partial charge in [-0.2, -0.15) is 0 Å². The molecule has 0 bridgehead atoms. The Labute approximate surface area is 150 Å². The third-order valence-electron chi connectivity index (χ3n) is 4.34. The molecule has 4 rings (SSSR count). The minimum absolute atomic E-state index is 0.476. The van der Waals surface area contributed by atoms with Crippen molar-refractivity contribution in [1.29, 1.82) is 0 Å². The van der Waals surface area contributed by atoms with Crippen LogP contribution in [-0.2, 0) is 4.84 Å². The molecule has 0 spiro atoms. The lowest BCUT2D eigenvalue weighted by Gasteiger charge is -2.19. The Bertz CT molecular complexity index is 1000. The zero-order valence-electron chi connectivity index (χ0n) is 14.3. The third kappa shape index (κ3) is 2.99. The summed E-state index contributed by atoms with van der Waals surface area (Å²) in [5.74, 6) is 0.907. The molecule has 130 valence electrons. The summed E-state index contributed by atoms with van der Waals surface area (Å²) in [4.78, 5) is 17.8. The van der Waals surface area contributed by atoms with Crippen LogP contribution in [0, 0.1) is 0 Å². The predicted octanol–water partition coefficient (Wildman–Crippen LogP) is 4.19. The Balaban J connectivity index is 1.62. The van der Waals surface area contributed by atoms with Crippen molar-refractivity contribution in [2.75, 3.05) is 13.7 Å². The fraction of sp³-hybridized carbons (Fsp3) is 0.143. The highest BCUT2D eigenvalue weighted by molar-refractivity contribution is 6.06. The smallest absolute Gasteiger partial charge is 0.366 e. The molecule has 0 saturated carbocycles. The van der Waals surface area contributed by atoms with E-state index in [9.17, 15) is 4.79 Å². The fourth-order valence-corrected chi connectivity index (χ4v) is 3.02. The highest BCUT2D eigenvalue weighted by atomic mass is 16.7. The van der Waals surface area contributed by atoms with Gasteiger partial charge in [0.2, 0.25) is 0 Å². The number of fused-ring (bicyclic) bond motifs is 2. The van der Waals surface area contributed by atoms with Gasteiger partial charge in [-0.1, -0.05) is 41.6 Å². The summed E-state index contributed by atoms with van der Waals surface area (Å²) in [5, 5.41) is 5.94. The Kier molecular flexibility index (Phi) is 4.27. The summed E-state index contributed by atoms with van der Waals surface area (Å²) in [5.41, 5.74) is 1.99. The molecule has 0 unspecified atom stereocenters. The van der Waals surface area contributed by atoms with Crippen LogP contribution in [0.25, 0.3) is 10.8 Å². The van der Waals surface area contributed by atoms with Gasteiger partial charge in [-0.25, -0.2) is 4.79 Å². The number of hydrogen-bond acceptors (Lipinski definition) is 5. The van der Waals surface area contributed by atoms with Crippen molar-refractivity contribution < 1.29 is 19.1 Å². The summed E-state index contributed by atoms with van der Waals surface area (Å²) < 4.78 is 10.9. The van der Waals surface area contributed by atoms with Crippen LogP contribution in [0.15, 0.2) is 65.8 Å².